The van der Waals surface area contributed by atoms with Gasteiger partial charge in [0.25, 0.3) is 0 Å². The fourth-order valence-electron chi connectivity index (χ4n) is 3.96. The monoisotopic (exact) mass is 463 g/mol. The van der Waals surface area contributed by atoms with E-state index in [0.29, 0.717) is 18.0 Å². The number of carbonyl (C=O) groups is 1. The highest BCUT2D eigenvalue weighted by molar-refractivity contribution is 5.68. The molecule has 34 heavy (non-hydrogen) atoms. The third-order valence-corrected chi connectivity index (χ3v) is 5.39. The van der Waals surface area contributed by atoms with E-state index in [2.05, 4.69) is 6.07 Å². The van der Waals surface area contributed by atoms with Crippen LogP contribution in [-0.2, 0) is 11.3 Å². The molecule has 0 aromatic heterocycles. The molecule has 0 unspecified atom stereocenters. The summed E-state index contributed by atoms with van der Waals surface area (Å²) in [5, 5.41) is 19.2. The SMILES string of the molecule is Cc1cc(C)cc(O)c1.Cc1cc(C)cc(O[C@@H]2CN(C(=O)OCc3ccccc3)C[C@H]2O)c1. The molecule has 3 aromatic rings. The molecule has 1 aliphatic heterocycles. The van der Waals surface area contributed by atoms with Crippen molar-refractivity contribution in [3.8, 4) is 11.5 Å². The van der Waals surface area contributed by atoms with Gasteiger partial charge in [0.1, 0.15) is 30.3 Å². The third-order valence-electron chi connectivity index (χ3n) is 5.39. The van der Waals surface area contributed by atoms with Crippen LogP contribution in [0, 0.1) is 27.7 Å². The van der Waals surface area contributed by atoms with Gasteiger partial charge in [0, 0.05) is 0 Å². The van der Waals surface area contributed by atoms with Crippen molar-refractivity contribution in [2.45, 2.75) is 46.5 Å². The Morgan fingerprint density at radius 1 is 0.882 bits per heavy atom. The van der Waals surface area contributed by atoms with Gasteiger partial charge >= 0.3 is 6.09 Å². The number of benzene rings is 3. The number of aryl methyl sites for hydroxylation is 4. The number of rotatable bonds is 4. The van der Waals surface area contributed by atoms with Gasteiger partial charge in [-0.2, -0.15) is 0 Å². The van der Waals surface area contributed by atoms with Crippen molar-refractivity contribution in [2.24, 2.45) is 0 Å². The summed E-state index contributed by atoms with van der Waals surface area (Å²) in [4.78, 5) is 13.7. The molecule has 1 heterocycles. The molecule has 2 N–H and O–H groups in total. The number of aromatic hydroxyl groups is 1. The van der Waals surface area contributed by atoms with Gasteiger partial charge in [0.15, 0.2) is 0 Å². The number of β-amino-alcohol motifs (C(OH)–C–C–N with tert-alkyl or cyclic N) is 1. The lowest BCUT2D eigenvalue weighted by molar-refractivity contribution is 0.0734. The minimum absolute atomic E-state index is 0.211. The maximum atomic E-state index is 12.2. The summed E-state index contributed by atoms with van der Waals surface area (Å²) in [6.45, 7) is 8.66. The topological polar surface area (TPSA) is 79.2 Å². The van der Waals surface area contributed by atoms with Crippen LogP contribution in [0.2, 0.25) is 0 Å². The fourth-order valence-corrected chi connectivity index (χ4v) is 3.96. The van der Waals surface area contributed by atoms with Crippen LogP contribution in [0.4, 0.5) is 4.79 Å². The molecule has 4 rings (SSSR count). The highest BCUT2D eigenvalue weighted by Gasteiger charge is 2.36. The Hall–Kier alpha value is -3.51. The summed E-state index contributed by atoms with van der Waals surface area (Å²) in [5.41, 5.74) is 5.34. The van der Waals surface area contributed by atoms with Gasteiger partial charge in [-0.25, -0.2) is 4.79 Å². The number of aliphatic hydroxyl groups is 1. The number of carbonyl (C=O) groups excluding carboxylic acids is 1. The first-order valence-electron chi connectivity index (χ1n) is 11.4. The van der Waals surface area contributed by atoms with Gasteiger partial charge in [0.05, 0.1) is 13.1 Å². The van der Waals surface area contributed by atoms with Gasteiger partial charge in [-0.15, -0.1) is 0 Å². The zero-order chi connectivity index (χ0) is 24.7. The molecule has 2 atom stereocenters. The molecule has 6 nitrogen and oxygen atoms in total. The molecule has 0 bridgehead atoms. The van der Waals surface area contributed by atoms with Crippen molar-refractivity contribution in [1.29, 1.82) is 0 Å². The van der Waals surface area contributed by atoms with E-state index in [1.54, 1.807) is 12.1 Å². The summed E-state index contributed by atoms with van der Waals surface area (Å²) >= 11 is 0. The Morgan fingerprint density at radius 3 is 2.00 bits per heavy atom. The van der Waals surface area contributed by atoms with Gasteiger partial charge in [0.2, 0.25) is 0 Å². The van der Waals surface area contributed by atoms with Crippen LogP contribution in [0.25, 0.3) is 0 Å². The summed E-state index contributed by atoms with van der Waals surface area (Å²) < 4.78 is 11.2. The van der Waals surface area contributed by atoms with E-state index in [1.165, 1.54) is 4.90 Å². The summed E-state index contributed by atoms with van der Waals surface area (Å²) in [6.07, 6.45) is -1.62. The van der Waals surface area contributed by atoms with Crippen LogP contribution in [0.15, 0.2) is 66.7 Å². The maximum absolute atomic E-state index is 12.2. The van der Waals surface area contributed by atoms with Crippen LogP contribution in [0.3, 0.4) is 0 Å². The molecule has 6 heteroatoms. The number of aliphatic hydroxyl groups excluding tert-OH is 1. The Labute approximate surface area is 201 Å². The number of ether oxygens (including phenoxy) is 2. The van der Waals surface area contributed by atoms with Crippen LogP contribution in [0.1, 0.15) is 27.8 Å². The second kappa shape index (κ2) is 11.6. The predicted molar refractivity (Wildman–Crippen MR) is 132 cm³/mol. The average molecular weight is 464 g/mol. The van der Waals surface area contributed by atoms with Crippen LogP contribution >= 0.6 is 0 Å². The van der Waals surface area contributed by atoms with Crippen LogP contribution in [-0.4, -0.2) is 46.5 Å². The number of likely N-dealkylation sites (tertiary alicyclic amines) is 1. The van der Waals surface area contributed by atoms with E-state index < -0.39 is 18.3 Å². The zero-order valence-electron chi connectivity index (χ0n) is 20.2. The zero-order valence-corrected chi connectivity index (χ0v) is 20.2. The minimum Gasteiger partial charge on any atom is -0.508 e. The second-order valence-corrected chi connectivity index (χ2v) is 8.84. The van der Waals surface area contributed by atoms with Gasteiger partial charge in [-0.3, -0.25) is 0 Å². The van der Waals surface area contributed by atoms with E-state index in [4.69, 9.17) is 14.6 Å². The Bertz CT molecular complexity index is 1030. The molecule has 1 aliphatic rings. The first-order valence-corrected chi connectivity index (χ1v) is 11.4. The number of phenols is 1. The predicted octanol–water partition coefficient (Wildman–Crippen LogP) is 5.07. The van der Waals surface area contributed by atoms with E-state index in [1.807, 2.05) is 76.2 Å². The van der Waals surface area contributed by atoms with E-state index in [-0.39, 0.29) is 13.2 Å². The number of hydrogen-bond donors (Lipinski definition) is 2. The van der Waals surface area contributed by atoms with Crippen molar-refractivity contribution in [3.63, 3.8) is 0 Å². The van der Waals surface area contributed by atoms with Crippen molar-refractivity contribution < 1.29 is 24.5 Å². The Kier molecular flexibility index (Phi) is 8.55. The summed E-state index contributed by atoms with van der Waals surface area (Å²) in [7, 11) is 0. The second-order valence-electron chi connectivity index (χ2n) is 8.84. The highest BCUT2D eigenvalue weighted by atomic mass is 16.6. The van der Waals surface area contributed by atoms with Crippen molar-refractivity contribution >= 4 is 6.09 Å². The largest absolute Gasteiger partial charge is 0.508 e. The van der Waals surface area contributed by atoms with Crippen molar-refractivity contribution in [2.75, 3.05) is 13.1 Å². The lowest BCUT2D eigenvalue weighted by Crippen LogP contribution is -2.31. The minimum atomic E-state index is -0.731. The van der Waals surface area contributed by atoms with E-state index in [0.717, 1.165) is 27.8 Å². The molecule has 0 spiro atoms. The fraction of sp³-hybridized carbons (Fsp3) is 0.321. The number of amides is 1. The molecular formula is C28H33NO5. The third kappa shape index (κ3) is 7.52. The standard InChI is InChI=1S/C20H23NO4.C8H10O/c1-14-8-15(2)10-17(9-14)25-19-12-21(11-18(19)22)20(23)24-13-16-6-4-3-5-7-16;1-6-3-7(2)5-8(9)4-6/h3-10,18-19,22H,11-13H2,1-2H3;3-5,9H,1-2H3/t18-,19-;/m1./s1. The van der Waals surface area contributed by atoms with E-state index in [9.17, 15) is 9.90 Å². The first kappa shape index (κ1) is 25.1. The number of phenolic OH excluding ortho intramolecular Hbond substituents is 1. The highest BCUT2D eigenvalue weighted by Crippen LogP contribution is 2.22. The normalized spacial score (nSPS) is 17.0. The Morgan fingerprint density at radius 2 is 1.44 bits per heavy atom. The van der Waals surface area contributed by atoms with Crippen molar-refractivity contribution in [3.05, 3.63) is 94.5 Å². The molecule has 0 aliphatic carbocycles. The molecule has 1 fully saturated rings. The number of hydrogen-bond acceptors (Lipinski definition) is 5. The molecular weight excluding hydrogens is 430 g/mol. The quantitative estimate of drug-likeness (QED) is 0.565. The van der Waals surface area contributed by atoms with E-state index >= 15 is 0 Å². The molecule has 0 radical (unpaired) electrons. The number of nitrogens with zero attached hydrogens (tertiary/aromatic N) is 1. The summed E-state index contributed by atoms with van der Waals surface area (Å²) in [6, 6.07) is 20.9. The molecule has 3 aromatic carbocycles. The molecule has 1 amide bonds. The van der Waals surface area contributed by atoms with Crippen LogP contribution < -0.4 is 4.74 Å². The smallest absolute Gasteiger partial charge is 0.410 e. The van der Waals surface area contributed by atoms with Crippen molar-refractivity contribution in [1.82, 2.24) is 4.90 Å². The lowest BCUT2D eigenvalue weighted by Gasteiger charge is -2.18. The van der Waals surface area contributed by atoms with Gasteiger partial charge in [-0.1, -0.05) is 42.5 Å². The molecule has 0 saturated carbocycles. The average Bonchev–Trinajstić information content (AvgIpc) is 3.12. The first-order chi connectivity index (χ1) is 16.2. The molecule has 180 valence electrons. The summed E-state index contributed by atoms with van der Waals surface area (Å²) in [5.74, 6) is 1.06. The Balaban J connectivity index is 0.000000302. The lowest BCUT2D eigenvalue weighted by atomic mass is 10.1. The van der Waals surface area contributed by atoms with Crippen LogP contribution in [0.5, 0.6) is 11.5 Å². The molecule has 1 saturated heterocycles. The maximum Gasteiger partial charge on any atom is 0.410 e. The van der Waals surface area contributed by atoms with Gasteiger partial charge < -0.3 is 24.6 Å². The van der Waals surface area contributed by atoms with Gasteiger partial charge in [-0.05, 0) is 79.8 Å².